The Morgan fingerprint density at radius 1 is 1.16 bits per heavy atom. The number of aromatic amines is 1. The van der Waals surface area contributed by atoms with E-state index in [-0.39, 0.29) is 30.2 Å². The summed E-state index contributed by atoms with van der Waals surface area (Å²) < 4.78 is 6.51. The number of fused-ring (bicyclic) bond motifs is 5. The van der Waals surface area contributed by atoms with Gasteiger partial charge in [0.05, 0.1) is 5.92 Å². The van der Waals surface area contributed by atoms with Gasteiger partial charge in [0.2, 0.25) is 17.5 Å². The summed E-state index contributed by atoms with van der Waals surface area (Å²) in [4.78, 5) is 51.4. The van der Waals surface area contributed by atoms with Crippen LogP contribution in [0.2, 0.25) is 0 Å². The molecule has 4 unspecified atom stereocenters. The van der Waals surface area contributed by atoms with Gasteiger partial charge < -0.3 is 25.2 Å². The number of H-pyrrole nitrogens is 1. The number of hydrogen-bond donors (Lipinski definition) is 3. The molecule has 3 aromatic rings. The standard InChI is InChI=1S/C35H41N5O5/c1-20(2)34(37-31(41)23-16-25-24-11-7-12-26-30(24)22(18-36-26)17-27(25)38(3)19-23)33(43)40-28(15-21-9-5-4-6-10-21)32(42)39-14-8-13-29(39)35(40,44)45-34/h4-7,9-12,18,20,23,25,27-29,36,44H,8,13-17,19H2,1-3H3,(H,37,41)/t23?,25?,27?,28-,29?,34+,35-/m1/s1. The van der Waals surface area contributed by atoms with E-state index in [4.69, 9.17) is 4.74 Å². The predicted molar refractivity (Wildman–Crippen MR) is 167 cm³/mol. The number of likely N-dealkylation sites (tertiary alicyclic amines) is 1. The van der Waals surface area contributed by atoms with Gasteiger partial charge in [0, 0.05) is 54.5 Å². The van der Waals surface area contributed by atoms with Gasteiger partial charge in [-0.3, -0.25) is 24.0 Å². The van der Waals surface area contributed by atoms with E-state index in [1.54, 1.807) is 4.90 Å². The number of carbonyl (C=O) groups is 3. The lowest BCUT2D eigenvalue weighted by Gasteiger charge is -2.48. The number of carbonyl (C=O) groups excluding carboxylic acids is 3. The number of benzene rings is 2. The quantitative estimate of drug-likeness (QED) is 0.409. The topological polar surface area (TPSA) is 118 Å². The minimum atomic E-state index is -2.04. The Balaban J connectivity index is 1.12. The van der Waals surface area contributed by atoms with Crippen LogP contribution < -0.4 is 5.32 Å². The molecule has 10 nitrogen and oxygen atoms in total. The molecule has 4 aliphatic heterocycles. The second-order valence-corrected chi connectivity index (χ2v) is 14.0. The average Bonchev–Trinajstić information content (AvgIpc) is 3.74. The van der Waals surface area contributed by atoms with E-state index in [1.807, 2.05) is 44.2 Å². The van der Waals surface area contributed by atoms with Gasteiger partial charge in [0.1, 0.15) is 12.1 Å². The number of aliphatic hydroxyl groups is 1. The van der Waals surface area contributed by atoms with Gasteiger partial charge in [-0.15, -0.1) is 0 Å². The molecule has 45 heavy (non-hydrogen) atoms. The van der Waals surface area contributed by atoms with E-state index < -0.39 is 41.5 Å². The Bertz CT molecular complexity index is 1690. The molecule has 3 N–H and O–H groups in total. The zero-order chi connectivity index (χ0) is 31.2. The molecule has 236 valence electrons. The Kier molecular flexibility index (Phi) is 6.47. The predicted octanol–water partition coefficient (Wildman–Crippen LogP) is 2.72. The van der Waals surface area contributed by atoms with Crippen LogP contribution in [-0.4, -0.2) is 92.4 Å². The van der Waals surface area contributed by atoms with Crippen LogP contribution in [0.4, 0.5) is 0 Å². The SMILES string of the molecule is CC(C)[C@]1(NC(=O)C2CC3c4cccc5[nH]cc(c45)CC3N(C)C2)O[C@]2(O)C3CCCN3C(=O)[C@@H](Cc3ccccc3)N2C1=O. The number of nitrogens with zero attached hydrogens (tertiary/aromatic N) is 3. The number of rotatable bonds is 5. The highest BCUT2D eigenvalue weighted by Gasteiger charge is 2.72. The van der Waals surface area contributed by atoms with Gasteiger partial charge in [-0.1, -0.05) is 56.3 Å². The maximum Gasteiger partial charge on any atom is 0.281 e. The first kappa shape index (κ1) is 28.7. The summed E-state index contributed by atoms with van der Waals surface area (Å²) in [5.74, 6) is -3.80. The monoisotopic (exact) mass is 611 g/mol. The number of likely N-dealkylation sites (N-methyl/N-ethyl adjacent to an activating group) is 1. The first-order chi connectivity index (χ1) is 21.6. The maximum atomic E-state index is 14.6. The number of nitrogens with one attached hydrogen (secondary N) is 2. The summed E-state index contributed by atoms with van der Waals surface area (Å²) >= 11 is 0. The average molecular weight is 612 g/mol. The first-order valence-corrected chi connectivity index (χ1v) is 16.3. The van der Waals surface area contributed by atoms with Crippen LogP contribution in [-0.2, 0) is 32.0 Å². The van der Waals surface area contributed by atoms with Crippen molar-refractivity contribution in [3.8, 4) is 0 Å². The van der Waals surface area contributed by atoms with Gasteiger partial charge in [0.15, 0.2) is 0 Å². The third kappa shape index (κ3) is 4.08. The summed E-state index contributed by atoms with van der Waals surface area (Å²) in [6, 6.07) is 14.5. The lowest BCUT2D eigenvalue weighted by atomic mass is 9.72. The summed E-state index contributed by atoms with van der Waals surface area (Å²) in [5.41, 5.74) is 2.75. The maximum absolute atomic E-state index is 14.6. The summed E-state index contributed by atoms with van der Waals surface area (Å²) in [7, 11) is 2.07. The Morgan fingerprint density at radius 3 is 2.73 bits per heavy atom. The molecule has 4 fully saturated rings. The van der Waals surface area contributed by atoms with E-state index in [1.165, 1.54) is 21.4 Å². The molecule has 2 aromatic carbocycles. The summed E-state index contributed by atoms with van der Waals surface area (Å²) in [5, 5.41) is 16.6. The van der Waals surface area contributed by atoms with Crippen LogP contribution in [0.1, 0.15) is 55.7 Å². The summed E-state index contributed by atoms with van der Waals surface area (Å²) in [6.45, 7) is 4.68. The number of piperidine rings is 1. The van der Waals surface area contributed by atoms with Crippen molar-refractivity contribution < 1.29 is 24.2 Å². The summed E-state index contributed by atoms with van der Waals surface area (Å²) in [6.07, 6.45) is 5.12. The van der Waals surface area contributed by atoms with Crippen molar-refractivity contribution in [1.29, 1.82) is 0 Å². The highest BCUT2D eigenvalue weighted by atomic mass is 16.7. The number of aromatic nitrogens is 1. The van der Waals surface area contributed by atoms with Crippen LogP contribution in [0.5, 0.6) is 0 Å². The van der Waals surface area contributed by atoms with Gasteiger partial charge >= 0.3 is 0 Å². The largest absolute Gasteiger partial charge is 0.361 e. The molecule has 8 rings (SSSR count). The molecule has 1 aliphatic carbocycles. The molecule has 5 aliphatic rings. The first-order valence-electron chi connectivity index (χ1n) is 16.3. The van der Waals surface area contributed by atoms with Gasteiger partial charge in [0.25, 0.3) is 11.8 Å². The van der Waals surface area contributed by atoms with Crippen molar-refractivity contribution in [3.05, 3.63) is 71.4 Å². The van der Waals surface area contributed by atoms with Crippen molar-refractivity contribution in [2.24, 2.45) is 11.8 Å². The molecule has 0 spiro atoms. The minimum absolute atomic E-state index is 0.164. The van der Waals surface area contributed by atoms with E-state index >= 15 is 0 Å². The zero-order valence-electron chi connectivity index (χ0n) is 26.0. The Hall–Kier alpha value is -3.73. The Labute approximate surface area is 262 Å². The van der Waals surface area contributed by atoms with Gasteiger partial charge in [-0.25, -0.2) is 0 Å². The number of hydrogen-bond acceptors (Lipinski definition) is 6. The van der Waals surface area contributed by atoms with E-state index in [2.05, 4.69) is 46.6 Å². The fourth-order valence-electron chi connectivity index (χ4n) is 8.99. The van der Waals surface area contributed by atoms with Gasteiger partial charge in [-0.2, -0.15) is 0 Å². The third-order valence-electron chi connectivity index (χ3n) is 11.2. The minimum Gasteiger partial charge on any atom is -0.361 e. The van der Waals surface area contributed by atoms with Crippen molar-refractivity contribution in [3.63, 3.8) is 0 Å². The van der Waals surface area contributed by atoms with E-state index in [9.17, 15) is 19.5 Å². The molecule has 5 heterocycles. The molecular formula is C35H41N5O5. The van der Waals surface area contributed by atoms with Crippen molar-refractivity contribution in [2.45, 2.75) is 81.6 Å². The Morgan fingerprint density at radius 2 is 1.96 bits per heavy atom. The molecule has 3 amide bonds. The van der Waals surface area contributed by atoms with E-state index in [0.29, 0.717) is 32.4 Å². The molecule has 10 heteroatoms. The van der Waals surface area contributed by atoms with Crippen LogP contribution >= 0.6 is 0 Å². The molecule has 1 aromatic heterocycles. The lowest BCUT2D eigenvalue weighted by Crippen LogP contribution is -2.71. The second kappa shape index (κ2) is 10.1. The smallest absolute Gasteiger partial charge is 0.281 e. The highest BCUT2D eigenvalue weighted by Crippen LogP contribution is 2.49. The van der Waals surface area contributed by atoms with Crippen molar-refractivity contribution in [2.75, 3.05) is 20.1 Å². The van der Waals surface area contributed by atoms with Crippen LogP contribution in [0.25, 0.3) is 10.9 Å². The second-order valence-electron chi connectivity index (χ2n) is 14.0. The lowest BCUT2D eigenvalue weighted by molar-refractivity contribution is -0.321. The number of ether oxygens (including phenoxy) is 1. The number of amides is 3. The molecule has 7 atom stereocenters. The molecule has 0 saturated carbocycles. The fraction of sp³-hybridized carbons (Fsp3) is 0.514. The van der Waals surface area contributed by atoms with E-state index in [0.717, 1.165) is 17.5 Å². The van der Waals surface area contributed by atoms with Crippen LogP contribution in [0.3, 0.4) is 0 Å². The third-order valence-corrected chi connectivity index (χ3v) is 11.2. The van der Waals surface area contributed by atoms with Crippen LogP contribution in [0, 0.1) is 11.8 Å². The van der Waals surface area contributed by atoms with Crippen LogP contribution in [0.15, 0.2) is 54.7 Å². The molecule has 0 bridgehead atoms. The van der Waals surface area contributed by atoms with Crippen molar-refractivity contribution in [1.82, 2.24) is 25.0 Å². The molecule has 4 saturated heterocycles. The molecular weight excluding hydrogens is 570 g/mol. The number of piperazine rings is 1. The highest BCUT2D eigenvalue weighted by molar-refractivity contribution is 5.98. The zero-order valence-corrected chi connectivity index (χ0v) is 26.0. The normalized spacial score (nSPS) is 34.3. The fourth-order valence-corrected chi connectivity index (χ4v) is 8.99. The molecule has 0 radical (unpaired) electrons. The van der Waals surface area contributed by atoms with Gasteiger partial charge in [-0.05, 0) is 55.5 Å². The van der Waals surface area contributed by atoms with Crippen molar-refractivity contribution >= 4 is 28.6 Å².